The lowest BCUT2D eigenvalue weighted by atomic mass is 9.86. The zero-order chi connectivity index (χ0) is 19.8. The maximum absolute atomic E-state index is 12.0. The molecular formula is C23H28N2O3. The molecule has 3 heterocycles. The molecule has 1 aromatic heterocycles. The first-order chi connectivity index (χ1) is 13.5. The van der Waals surface area contributed by atoms with Crippen molar-refractivity contribution in [1.82, 2.24) is 4.57 Å². The van der Waals surface area contributed by atoms with Crippen molar-refractivity contribution in [3.05, 3.63) is 47.3 Å². The summed E-state index contributed by atoms with van der Waals surface area (Å²) >= 11 is 0. The van der Waals surface area contributed by atoms with Crippen LogP contribution in [-0.2, 0) is 4.74 Å². The Balaban J connectivity index is 1.85. The Hall–Kier alpha value is -2.40. The molecule has 2 aliphatic rings. The number of allylic oxidation sites excluding steroid dienone is 1. The van der Waals surface area contributed by atoms with Crippen LogP contribution < -0.4 is 0 Å². The molecule has 0 saturated carbocycles. The standard InChI is InChI=1S/C23H28N2O3/c1-14-6-9-24-13-20(14)18-4-5-19-21(12-18)25(16(3)22(19)23(26)27)15(2)17-7-10-28-11-8-17/h4-6,9,12-15,17,20H,7-8,10-11H2,1-3H3,(H,26,27). The summed E-state index contributed by atoms with van der Waals surface area (Å²) in [6, 6.07) is 6.45. The fraction of sp³-hybridized carbons (Fsp3) is 0.478. The number of aromatic nitrogens is 1. The van der Waals surface area contributed by atoms with Gasteiger partial charge >= 0.3 is 5.97 Å². The topological polar surface area (TPSA) is 63.8 Å². The number of carbonyl (C=O) groups is 1. The molecule has 0 radical (unpaired) electrons. The molecule has 2 aliphatic heterocycles. The number of rotatable bonds is 4. The minimum atomic E-state index is -0.858. The van der Waals surface area contributed by atoms with Crippen LogP contribution in [-0.4, -0.2) is 35.1 Å². The van der Waals surface area contributed by atoms with Crippen molar-refractivity contribution in [3.63, 3.8) is 0 Å². The number of carboxylic acids is 1. The monoisotopic (exact) mass is 380 g/mol. The van der Waals surface area contributed by atoms with Gasteiger partial charge in [0.15, 0.2) is 0 Å². The summed E-state index contributed by atoms with van der Waals surface area (Å²) in [4.78, 5) is 16.3. The van der Waals surface area contributed by atoms with E-state index in [2.05, 4.69) is 41.6 Å². The minimum Gasteiger partial charge on any atom is -0.478 e. The smallest absolute Gasteiger partial charge is 0.338 e. The second-order valence-electron chi connectivity index (χ2n) is 8.13. The molecule has 0 amide bonds. The van der Waals surface area contributed by atoms with Gasteiger partial charge in [-0.3, -0.25) is 4.99 Å². The molecule has 1 N–H and O–H groups in total. The first kappa shape index (κ1) is 18.9. The Labute approximate surface area is 165 Å². The highest BCUT2D eigenvalue weighted by molar-refractivity contribution is 6.05. The summed E-state index contributed by atoms with van der Waals surface area (Å²) in [5.74, 6) is 0.214. The van der Waals surface area contributed by atoms with E-state index in [4.69, 9.17) is 4.74 Å². The third-order valence-corrected chi connectivity index (χ3v) is 6.52. The van der Waals surface area contributed by atoms with E-state index in [1.165, 1.54) is 5.56 Å². The van der Waals surface area contributed by atoms with Crippen LogP contribution in [0.5, 0.6) is 0 Å². The first-order valence-electron chi connectivity index (χ1n) is 10.1. The van der Waals surface area contributed by atoms with Gasteiger partial charge in [0.05, 0.1) is 5.56 Å². The molecule has 3 atom stereocenters. The van der Waals surface area contributed by atoms with Gasteiger partial charge in [-0.05, 0) is 50.2 Å². The Morgan fingerprint density at radius 3 is 2.75 bits per heavy atom. The van der Waals surface area contributed by atoms with Crippen LogP contribution in [0.3, 0.4) is 0 Å². The molecule has 5 heteroatoms. The maximum atomic E-state index is 12.0. The number of carboxylic acid groups (broad SMARTS) is 1. The van der Waals surface area contributed by atoms with Gasteiger partial charge in [-0.2, -0.15) is 0 Å². The van der Waals surface area contributed by atoms with Crippen molar-refractivity contribution in [2.45, 2.75) is 45.6 Å². The van der Waals surface area contributed by atoms with E-state index in [0.29, 0.717) is 17.4 Å². The van der Waals surface area contributed by atoms with Crippen LogP contribution in [0.25, 0.3) is 10.9 Å². The van der Waals surface area contributed by atoms with Crippen LogP contribution in [0, 0.1) is 18.8 Å². The van der Waals surface area contributed by atoms with E-state index < -0.39 is 5.97 Å². The molecule has 28 heavy (non-hydrogen) atoms. The van der Waals surface area contributed by atoms with E-state index in [0.717, 1.165) is 42.7 Å². The Morgan fingerprint density at radius 2 is 2.07 bits per heavy atom. The van der Waals surface area contributed by atoms with E-state index in [1.807, 2.05) is 25.4 Å². The lowest BCUT2D eigenvalue weighted by molar-refractivity contribution is 0.0515. The van der Waals surface area contributed by atoms with Crippen molar-refractivity contribution in [1.29, 1.82) is 0 Å². The summed E-state index contributed by atoms with van der Waals surface area (Å²) in [5, 5.41) is 10.7. The highest BCUT2D eigenvalue weighted by Crippen LogP contribution is 2.37. The molecule has 148 valence electrons. The van der Waals surface area contributed by atoms with Gasteiger partial charge in [0.2, 0.25) is 0 Å². The number of hydrogen-bond acceptors (Lipinski definition) is 3. The van der Waals surface area contributed by atoms with E-state index in [-0.39, 0.29) is 12.0 Å². The average Bonchev–Trinajstić information content (AvgIpc) is 2.99. The summed E-state index contributed by atoms with van der Waals surface area (Å²) in [6.45, 7) is 7.91. The number of hydrogen-bond donors (Lipinski definition) is 1. The highest BCUT2D eigenvalue weighted by Gasteiger charge is 2.28. The van der Waals surface area contributed by atoms with Gasteiger partial charge in [-0.1, -0.05) is 25.1 Å². The van der Waals surface area contributed by atoms with Gasteiger partial charge in [0, 0.05) is 54.2 Å². The Morgan fingerprint density at radius 1 is 1.32 bits per heavy atom. The Bertz CT molecular complexity index is 950. The molecule has 0 bridgehead atoms. The summed E-state index contributed by atoms with van der Waals surface area (Å²) < 4.78 is 7.78. The second kappa shape index (κ2) is 7.55. The summed E-state index contributed by atoms with van der Waals surface area (Å²) in [6.07, 6.45) is 7.99. The van der Waals surface area contributed by atoms with E-state index in [1.54, 1.807) is 0 Å². The van der Waals surface area contributed by atoms with Crippen molar-refractivity contribution in [2.24, 2.45) is 16.8 Å². The molecule has 2 aromatic rings. The van der Waals surface area contributed by atoms with Gasteiger partial charge in [-0.25, -0.2) is 4.79 Å². The number of aromatic carboxylic acids is 1. The first-order valence-corrected chi connectivity index (χ1v) is 10.1. The number of ether oxygens (including phenoxy) is 1. The fourth-order valence-corrected chi connectivity index (χ4v) is 4.84. The molecule has 4 rings (SSSR count). The van der Waals surface area contributed by atoms with Crippen molar-refractivity contribution < 1.29 is 14.6 Å². The van der Waals surface area contributed by atoms with Crippen LogP contribution in [0.4, 0.5) is 0 Å². The molecule has 0 aliphatic carbocycles. The van der Waals surface area contributed by atoms with Gasteiger partial charge in [0.25, 0.3) is 0 Å². The fourth-order valence-electron chi connectivity index (χ4n) is 4.84. The quantitative estimate of drug-likeness (QED) is 0.816. The highest BCUT2D eigenvalue weighted by atomic mass is 16.5. The number of benzene rings is 1. The molecule has 5 nitrogen and oxygen atoms in total. The largest absolute Gasteiger partial charge is 0.478 e. The van der Waals surface area contributed by atoms with Gasteiger partial charge in [0.1, 0.15) is 0 Å². The van der Waals surface area contributed by atoms with Crippen LogP contribution in [0.2, 0.25) is 0 Å². The number of aliphatic imine (C=N–C) groups is 1. The SMILES string of the molecule is Cc1c(C(=O)O)c2ccc(C3C=NC=CC3C)cc2n1C(C)C1CCOCC1. The lowest BCUT2D eigenvalue weighted by Crippen LogP contribution is -2.24. The maximum Gasteiger partial charge on any atom is 0.338 e. The zero-order valence-electron chi connectivity index (χ0n) is 16.8. The predicted octanol–water partition coefficient (Wildman–Crippen LogP) is 4.95. The number of nitrogens with zero attached hydrogens (tertiary/aromatic N) is 2. The van der Waals surface area contributed by atoms with Crippen LogP contribution in [0.1, 0.15) is 60.3 Å². The summed E-state index contributed by atoms with van der Waals surface area (Å²) in [7, 11) is 0. The van der Waals surface area contributed by atoms with Crippen LogP contribution in [0.15, 0.2) is 35.5 Å². The predicted molar refractivity (Wildman–Crippen MR) is 111 cm³/mol. The molecule has 1 saturated heterocycles. The molecular weight excluding hydrogens is 352 g/mol. The van der Waals surface area contributed by atoms with E-state index >= 15 is 0 Å². The Kier molecular flexibility index (Phi) is 5.11. The molecule has 0 spiro atoms. The summed E-state index contributed by atoms with van der Waals surface area (Å²) in [5.41, 5.74) is 3.46. The third kappa shape index (κ3) is 3.18. The molecule has 1 aromatic carbocycles. The normalized spacial score (nSPS) is 24.0. The van der Waals surface area contributed by atoms with Crippen molar-refractivity contribution in [2.75, 3.05) is 13.2 Å². The van der Waals surface area contributed by atoms with Gasteiger partial charge < -0.3 is 14.4 Å². The van der Waals surface area contributed by atoms with Crippen molar-refractivity contribution >= 4 is 23.1 Å². The van der Waals surface area contributed by atoms with Crippen molar-refractivity contribution in [3.8, 4) is 0 Å². The zero-order valence-corrected chi connectivity index (χ0v) is 16.8. The minimum absolute atomic E-state index is 0.213. The van der Waals surface area contributed by atoms with E-state index in [9.17, 15) is 9.90 Å². The lowest BCUT2D eigenvalue weighted by Gasteiger charge is -2.30. The van der Waals surface area contributed by atoms with Gasteiger partial charge in [-0.15, -0.1) is 0 Å². The average molecular weight is 380 g/mol. The second-order valence-corrected chi connectivity index (χ2v) is 8.13. The molecule has 3 unspecified atom stereocenters. The molecule has 1 fully saturated rings. The number of fused-ring (bicyclic) bond motifs is 1. The van der Waals surface area contributed by atoms with Crippen LogP contribution >= 0.6 is 0 Å². The third-order valence-electron chi connectivity index (χ3n) is 6.52.